The van der Waals surface area contributed by atoms with E-state index in [1.54, 1.807) is 11.3 Å². The van der Waals surface area contributed by atoms with Crippen molar-refractivity contribution in [3.8, 4) is 0 Å². The van der Waals surface area contributed by atoms with Crippen LogP contribution in [-0.4, -0.2) is 18.1 Å². The normalized spacial score (nSPS) is 12.4. The molecule has 2 heterocycles. The highest BCUT2D eigenvalue weighted by Gasteiger charge is 2.17. The van der Waals surface area contributed by atoms with E-state index in [-0.39, 0.29) is 0 Å². The molecule has 2 aromatic heterocycles. The average Bonchev–Trinajstić information content (AvgIpc) is 2.89. The second-order valence-electron chi connectivity index (χ2n) is 5.26. The van der Waals surface area contributed by atoms with Crippen LogP contribution < -0.4 is 4.90 Å². The molecule has 0 aliphatic rings. The van der Waals surface area contributed by atoms with Crippen molar-refractivity contribution in [3.63, 3.8) is 0 Å². The van der Waals surface area contributed by atoms with E-state index in [9.17, 15) is 0 Å². The van der Waals surface area contributed by atoms with Crippen molar-refractivity contribution in [3.05, 3.63) is 45.3 Å². The Morgan fingerprint density at radius 1 is 1.40 bits per heavy atom. The lowest BCUT2D eigenvalue weighted by molar-refractivity contribution is 0.676. The molecule has 0 aromatic carbocycles. The summed E-state index contributed by atoms with van der Waals surface area (Å²) >= 11 is 7.92. The van der Waals surface area contributed by atoms with Crippen LogP contribution in [0.4, 0.5) is 5.82 Å². The summed E-state index contributed by atoms with van der Waals surface area (Å²) in [7, 11) is 2.11. The number of pyridine rings is 1. The van der Waals surface area contributed by atoms with E-state index in [1.807, 2.05) is 6.92 Å². The van der Waals surface area contributed by atoms with Crippen LogP contribution in [0.25, 0.3) is 0 Å². The molecule has 0 bridgehead atoms. The van der Waals surface area contributed by atoms with Crippen LogP contribution in [0.5, 0.6) is 0 Å². The molecule has 0 spiro atoms. The van der Waals surface area contributed by atoms with Crippen LogP contribution >= 0.6 is 22.9 Å². The molecule has 2 aromatic rings. The fraction of sp³-hybridized carbons (Fsp3) is 0.438. The van der Waals surface area contributed by atoms with Gasteiger partial charge in [-0.25, -0.2) is 4.98 Å². The zero-order valence-corrected chi connectivity index (χ0v) is 14.1. The van der Waals surface area contributed by atoms with Crippen LogP contribution in [0.1, 0.15) is 28.6 Å². The lowest BCUT2D eigenvalue weighted by Crippen LogP contribution is -2.32. The van der Waals surface area contributed by atoms with Gasteiger partial charge in [0, 0.05) is 35.6 Å². The molecular formula is C16H21ClN2S. The first-order valence-corrected chi connectivity index (χ1v) is 8.22. The maximum absolute atomic E-state index is 6.12. The quantitative estimate of drug-likeness (QED) is 0.752. The minimum Gasteiger partial charge on any atom is -0.356 e. The molecular weight excluding hydrogens is 288 g/mol. The van der Waals surface area contributed by atoms with Gasteiger partial charge in [-0.15, -0.1) is 22.9 Å². The Kier molecular flexibility index (Phi) is 5.06. The molecule has 4 heteroatoms. The van der Waals surface area contributed by atoms with Crippen LogP contribution in [0.2, 0.25) is 0 Å². The summed E-state index contributed by atoms with van der Waals surface area (Å²) in [4.78, 5) is 8.35. The lowest BCUT2D eigenvalue weighted by Gasteiger charge is -2.28. The Morgan fingerprint density at radius 3 is 2.75 bits per heavy atom. The second kappa shape index (κ2) is 6.59. The van der Waals surface area contributed by atoms with E-state index >= 15 is 0 Å². The molecule has 1 atom stereocenters. The van der Waals surface area contributed by atoms with E-state index in [0.29, 0.717) is 11.9 Å². The number of aryl methyl sites for hydroxylation is 2. The van der Waals surface area contributed by atoms with Crippen LogP contribution in [0, 0.1) is 13.8 Å². The molecule has 0 amide bonds. The maximum Gasteiger partial charge on any atom is 0.133 e. The molecule has 0 aliphatic heterocycles. The molecule has 0 radical (unpaired) electrons. The van der Waals surface area contributed by atoms with Gasteiger partial charge in [-0.05, 0) is 43.8 Å². The van der Waals surface area contributed by atoms with Gasteiger partial charge in [0.1, 0.15) is 5.82 Å². The standard InChI is InChI=1S/C16H21ClN2S/c1-11-8-12(2)18-16(15(11)10-17)19(4)13(3)9-14-6-5-7-20-14/h5-8,13H,9-10H2,1-4H3. The summed E-state index contributed by atoms with van der Waals surface area (Å²) in [6.07, 6.45) is 1.03. The first kappa shape index (κ1) is 15.3. The lowest BCUT2D eigenvalue weighted by atomic mass is 10.1. The van der Waals surface area contributed by atoms with Crippen LogP contribution in [-0.2, 0) is 12.3 Å². The number of rotatable bonds is 5. The van der Waals surface area contributed by atoms with Crippen molar-refractivity contribution < 1.29 is 0 Å². The van der Waals surface area contributed by atoms with Gasteiger partial charge >= 0.3 is 0 Å². The van der Waals surface area contributed by atoms with Gasteiger partial charge in [0.05, 0.1) is 5.88 Å². The Hall–Kier alpha value is -1.06. The highest BCUT2D eigenvalue weighted by atomic mass is 35.5. The zero-order valence-electron chi connectivity index (χ0n) is 12.5. The summed E-state index contributed by atoms with van der Waals surface area (Å²) in [5, 5.41) is 2.13. The Bertz CT molecular complexity index is 566. The van der Waals surface area contributed by atoms with E-state index in [0.717, 1.165) is 23.5 Å². The minimum atomic E-state index is 0.393. The first-order chi connectivity index (χ1) is 9.52. The minimum absolute atomic E-state index is 0.393. The molecule has 1 unspecified atom stereocenters. The van der Waals surface area contributed by atoms with Crippen molar-refractivity contribution >= 4 is 28.8 Å². The van der Waals surface area contributed by atoms with Crippen molar-refractivity contribution in [2.24, 2.45) is 0 Å². The van der Waals surface area contributed by atoms with E-state index in [2.05, 4.69) is 49.4 Å². The summed E-state index contributed by atoms with van der Waals surface area (Å²) < 4.78 is 0. The predicted octanol–water partition coefficient (Wildman–Crippen LogP) is 4.57. The van der Waals surface area contributed by atoms with Crippen LogP contribution in [0.15, 0.2) is 23.6 Å². The molecule has 0 saturated carbocycles. The fourth-order valence-electron chi connectivity index (χ4n) is 2.37. The molecule has 0 aliphatic carbocycles. The molecule has 0 fully saturated rings. The summed E-state index contributed by atoms with van der Waals surface area (Å²) in [5.74, 6) is 1.52. The Morgan fingerprint density at radius 2 is 2.15 bits per heavy atom. The Labute approximate surface area is 130 Å². The van der Waals surface area contributed by atoms with Gasteiger partial charge in [0.15, 0.2) is 0 Å². The number of thiophene rings is 1. The second-order valence-corrected chi connectivity index (χ2v) is 6.56. The predicted molar refractivity (Wildman–Crippen MR) is 89.2 cm³/mol. The number of likely N-dealkylation sites (N-methyl/N-ethyl adjacent to an activating group) is 1. The van der Waals surface area contributed by atoms with Crippen molar-refractivity contribution in [1.29, 1.82) is 0 Å². The largest absolute Gasteiger partial charge is 0.356 e. The topological polar surface area (TPSA) is 16.1 Å². The first-order valence-electron chi connectivity index (χ1n) is 6.81. The summed E-state index contributed by atoms with van der Waals surface area (Å²) in [5.41, 5.74) is 3.40. The van der Waals surface area contributed by atoms with Gasteiger partial charge in [-0.2, -0.15) is 0 Å². The monoisotopic (exact) mass is 308 g/mol. The maximum atomic E-state index is 6.12. The molecule has 108 valence electrons. The van der Waals surface area contributed by atoms with Crippen molar-refractivity contribution in [1.82, 2.24) is 4.98 Å². The highest BCUT2D eigenvalue weighted by molar-refractivity contribution is 7.09. The Balaban J connectivity index is 2.25. The van der Waals surface area contributed by atoms with E-state index in [1.165, 1.54) is 10.4 Å². The van der Waals surface area contributed by atoms with Gasteiger partial charge in [-0.3, -0.25) is 0 Å². The summed E-state index contributed by atoms with van der Waals surface area (Å²) in [6, 6.07) is 6.78. The van der Waals surface area contributed by atoms with E-state index in [4.69, 9.17) is 16.6 Å². The third-order valence-corrected chi connectivity index (χ3v) is 4.83. The zero-order chi connectivity index (χ0) is 14.7. The molecule has 0 saturated heterocycles. The van der Waals surface area contributed by atoms with Crippen molar-refractivity contribution in [2.75, 3.05) is 11.9 Å². The third kappa shape index (κ3) is 3.33. The summed E-state index contributed by atoms with van der Waals surface area (Å²) in [6.45, 7) is 6.37. The van der Waals surface area contributed by atoms with Gasteiger partial charge < -0.3 is 4.90 Å². The number of hydrogen-bond acceptors (Lipinski definition) is 3. The van der Waals surface area contributed by atoms with Gasteiger partial charge in [0.25, 0.3) is 0 Å². The van der Waals surface area contributed by atoms with Gasteiger partial charge in [-0.1, -0.05) is 6.07 Å². The number of aromatic nitrogens is 1. The number of hydrogen-bond donors (Lipinski definition) is 0. The third-order valence-electron chi connectivity index (χ3n) is 3.66. The SMILES string of the molecule is Cc1cc(C)c(CCl)c(N(C)C(C)Cc2cccs2)n1. The number of nitrogens with zero attached hydrogens (tertiary/aromatic N) is 2. The smallest absolute Gasteiger partial charge is 0.133 e. The molecule has 0 N–H and O–H groups in total. The van der Waals surface area contributed by atoms with Gasteiger partial charge in [0.2, 0.25) is 0 Å². The molecule has 20 heavy (non-hydrogen) atoms. The highest BCUT2D eigenvalue weighted by Crippen LogP contribution is 2.26. The van der Waals surface area contributed by atoms with Crippen LogP contribution in [0.3, 0.4) is 0 Å². The number of anilines is 1. The van der Waals surface area contributed by atoms with Crippen molar-refractivity contribution in [2.45, 2.75) is 39.1 Å². The molecule has 2 rings (SSSR count). The average molecular weight is 309 g/mol. The number of halogens is 1. The number of alkyl halides is 1. The molecule has 2 nitrogen and oxygen atoms in total. The fourth-order valence-corrected chi connectivity index (χ4v) is 3.52. The van der Waals surface area contributed by atoms with E-state index < -0.39 is 0 Å².